The molecule has 0 unspecified atom stereocenters. The summed E-state index contributed by atoms with van der Waals surface area (Å²) in [5.74, 6) is 0. The van der Waals surface area contributed by atoms with Gasteiger partial charge in [-0.3, -0.25) is 0 Å². The van der Waals surface area contributed by atoms with E-state index in [-0.39, 0.29) is 0 Å². The van der Waals surface area contributed by atoms with Crippen molar-refractivity contribution in [3.05, 3.63) is 35.9 Å². The molecule has 1 aliphatic carbocycles. The Morgan fingerprint density at radius 2 is 1.62 bits per heavy atom. The maximum absolute atomic E-state index is 3.98. The summed E-state index contributed by atoms with van der Waals surface area (Å²) >= 11 is 0. The summed E-state index contributed by atoms with van der Waals surface area (Å²) in [5.41, 5.74) is 2.22. The molecule has 1 aromatic carbocycles. The Labute approximate surface area is 129 Å². The molecule has 0 aromatic heterocycles. The first-order valence-electron chi connectivity index (χ1n) is 8.74. The van der Waals surface area contributed by atoms with Gasteiger partial charge >= 0.3 is 0 Å². The maximum Gasteiger partial charge on any atom is 0.0153 e. The first kappa shape index (κ1) is 15.1. The van der Waals surface area contributed by atoms with Gasteiger partial charge in [0.2, 0.25) is 0 Å². The Kier molecular flexibility index (Phi) is 4.66. The Balaban J connectivity index is 1.74. The molecular weight excluding hydrogens is 256 g/mol. The number of benzene rings is 1. The van der Waals surface area contributed by atoms with Crippen LogP contribution in [0.4, 0.5) is 0 Å². The molecule has 2 heteroatoms. The molecule has 0 spiro atoms. The molecule has 21 heavy (non-hydrogen) atoms. The average molecular weight is 286 g/mol. The third-order valence-corrected chi connectivity index (χ3v) is 5.76. The SMILES string of the molecule is CC1(NCC2(c3ccccc3)CCNCC2)CCCCC1. The van der Waals surface area contributed by atoms with E-state index in [1.807, 2.05) is 0 Å². The van der Waals surface area contributed by atoms with Crippen LogP contribution >= 0.6 is 0 Å². The topological polar surface area (TPSA) is 24.1 Å². The minimum absolute atomic E-state index is 0.326. The van der Waals surface area contributed by atoms with E-state index in [0.29, 0.717) is 11.0 Å². The fraction of sp³-hybridized carbons (Fsp3) is 0.684. The molecule has 1 aromatic rings. The molecule has 2 fully saturated rings. The summed E-state index contributed by atoms with van der Waals surface area (Å²) in [6, 6.07) is 11.2. The second-order valence-electron chi connectivity index (χ2n) is 7.37. The molecule has 2 nitrogen and oxygen atoms in total. The van der Waals surface area contributed by atoms with Gasteiger partial charge in [-0.25, -0.2) is 0 Å². The van der Waals surface area contributed by atoms with Crippen molar-refractivity contribution in [3.8, 4) is 0 Å². The van der Waals surface area contributed by atoms with Crippen molar-refractivity contribution in [2.24, 2.45) is 0 Å². The summed E-state index contributed by atoms with van der Waals surface area (Å²) < 4.78 is 0. The van der Waals surface area contributed by atoms with Crippen LogP contribution in [0, 0.1) is 0 Å². The number of hydrogen-bond acceptors (Lipinski definition) is 2. The molecule has 1 saturated carbocycles. The molecule has 1 saturated heterocycles. The van der Waals surface area contributed by atoms with Crippen molar-refractivity contribution in [1.29, 1.82) is 0 Å². The molecular formula is C19H30N2. The number of hydrogen-bond donors (Lipinski definition) is 2. The van der Waals surface area contributed by atoms with Crippen LogP contribution in [-0.4, -0.2) is 25.2 Å². The van der Waals surface area contributed by atoms with Crippen molar-refractivity contribution in [2.45, 2.75) is 62.8 Å². The normalized spacial score (nSPS) is 24.6. The predicted molar refractivity (Wildman–Crippen MR) is 89.7 cm³/mol. The molecule has 0 bridgehead atoms. The first-order valence-corrected chi connectivity index (χ1v) is 8.74. The van der Waals surface area contributed by atoms with Crippen molar-refractivity contribution < 1.29 is 0 Å². The van der Waals surface area contributed by atoms with E-state index in [0.717, 1.165) is 19.6 Å². The summed E-state index contributed by atoms with van der Waals surface area (Å²) in [6.45, 7) is 5.86. The van der Waals surface area contributed by atoms with Crippen LogP contribution in [0.25, 0.3) is 0 Å². The lowest BCUT2D eigenvalue weighted by atomic mass is 9.72. The van der Waals surface area contributed by atoms with Gasteiger partial charge in [0.1, 0.15) is 0 Å². The van der Waals surface area contributed by atoms with Gasteiger partial charge in [-0.1, -0.05) is 49.6 Å². The fourth-order valence-corrected chi connectivity index (χ4v) is 4.16. The highest BCUT2D eigenvalue weighted by Gasteiger charge is 2.36. The number of rotatable bonds is 4. The largest absolute Gasteiger partial charge is 0.317 e. The molecule has 1 aliphatic heterocycles. The Morgan fingerprint density at radius 1 is 0.952 bits per heavy atom. The van der Waals surface area contributed by atoms with Gasteiger partial charge < -0.3 is 10.6 Å². The Morgan fingerprint density at radius 3 is 2.29 bits per heavy atom. The zero-order valence-electron chi connectivity index (χ0n) is 13.5. The quantitative estimate of drug-likeness (QED) is 0.883. The summed E-state index contributed by atoms with van der Waals surface area (Å²) in [6.07, 6.45) is 9.39. The van der Waals surface area contributed by atoms with Gasteiger partial charge in [-0.05, 0) is 51.3 Å². The molecule has 0 radical (unpaired) electrons. The molecule has 0 amide bonds. The second kappa shape index (κ2) is 6.50. The molecule has 116 valence electrons. The van der Waals surface area contributed by atoms with Gasteiger partial charge in [0, 0.05) is 17.5 Å². The highest BCUT2D eigenvalue weighted by molar-refractivity contribution is 5.27. The standard InChI is InChI=1S/C19H30N2/c1-18(10-6-3-7-11-18)21-16-19(12-14-20-15-13-19)17-8-4-2-5-9-17/h2,4-5,8-9,20-21H,3,6-7,10-16H2,1H3. The van der Waals surface area contributed by atoms with Crippen molar-refractivity contribution in [1.82, 2.24) is 10.6 Å². The Hall–Kier alpha value is -0.860. The molecule has 3 rings (SSSR count). The van der Waals surface area contributed by atoms with Gasteiger partial charge in [0.05, 0.1) is 0 Å². The second-order valence-corrected chi connectivity index (χ2v) is 7.37. The van der Waals surface area contributed by atoms with Crippen LogP contribution in [0.2, 0.25) is 0 Å². The summed E-state index contributed by atoms with van der Waals surface area (Å²) in [7, 11) is 0. The molecule has 2 N–H and O–H groups in total. The van der Waals surface area contributed by atoms with Crippen LogP contribution in [0.15, 0.2) is 30.3 Å². The number of nitrogens with one attached hydrogen (secondary N) is 2. The van der Waals surface area contributed by atoms with Crippen LogP contribution < -0.4 is 10.6 Å². The minimum atomic E-state index is 0.326. The number of piperidine rings is 1. The van der Waals surface area contributed by atoms with E-state index in [9.17, 15) is 0 Å². The molecule has 2 aliphatic rings. The zero-order valence-corrected chi connectivity index (χ0v) is 13.5. The molecule has 0 atom stereocenters. The van der Waals surface area contributed by atoms with Crippen LogP contribution in [-0.2, 0) is 5.41 Å². The van der Waals surface area contributed by atoms with Crippen molar-refractivity contribution in [3.63, 3.8) is 0 Å². The van der Waals surface area contributed by atoms with E-state index in [2.05, 4.69) is 47.9 Å². The van der Waals surface area contributed by atoms with Gasteiger partial charge in [0.15, 0.2) is 0 Å². The van der Waals surface area contributed by atoms with Gasteiger partial charge in [-0.2, -0.15) is 0 Å². The van der Waals surface area contributed by atoms with E-state index in [1.165, 1.54) is 50.5 Å². The summed E-state index contributed by atoms with van der Waals surface area (Å²) in [5, 5.41) is 7.51. The lowest BCUT2D eigenvalue weighted by Gasteiger charge is -2.43. The van der Waals surface area contributed by atoms with Crippen LogP contribution in [0.3, 0.4) is 0 Å². The Bertz CT molecular complexity index is 428. The monoisotopic (exact) mass is 286 g/mol. The zero-order chi connectivity index (χ0) is 14.6. The lowest BCUT2D eigenvalue weighted by molar-refractivity contribution is 0.208. The summed E-state index contributed by atoms with van der Waals surface area (Å²) in [4.78, 5) is 0. The average Bonchev–Trinajstić information content (AvgIpc) is 2.56. The van der Waals surface area contributed by atoms with Crippen LogP contribution in [0.1, 0.15) is 57.4 Å². The van der Waals surface area contributed by atoms with Crippen molar-refractivity contribution >= 4 is 0 Å². The van der Waals surface area contributed by atoms with Crippen molar-refractivity contribution in [2.75, 3.05) is 19.6 Å². The molecule has 1 heterocycles. The first-order chi connectivity index (χ1) is 10.2. The smallest absolute Gasteiger partial charge is 0.0153 e. The van der Waals surface area contributed by atoms with Crippen LogP contribution in [0.5, 0.6) is 0 Å². The van der Waals surface area contributed by atoms with Gasteiger partial charge in [0.25, 0.3) is 0 Å². The maximum atomic E-state index is 3.98. The highest BCUT2D eigenvalue weighted by atomic mass is 15.0. The third kappa shape index (κ3) is 3.49. The lowest BCUT2D eigenvalue weighted by Crippen LogP contribution is -2.53. The van der Waals surface area contributed by atoms with E-state index in [4.69, 9.17) is 0 Å². The van der Waals surface area contributed by atoms with E-state index < -0.39 is 0 Å². The van der Waals surface area contributed by atoms with Gasteiger partial charge in [-0.15, -0.1) is 0 Å². The highest BCUT2D eigenvalue weighted by Crippen LogP contribution is 2.35. The predicted octanol–water partition coefficient (Wildman–Crippen LogP) is 3.62. The third-order valence-electron chi connectivity index (χ3n) is 5.76. The van der Waals surface area contributed by atoms with E-state index in [1.54, 1.807) is 0 Å². The minimum Gasteiger partial charge on any atom is -0.317 e. The fourth-order valence-electron chi connectivity index (χ4n) is 4.16. The van der Waals surface area contributed by atoms with E-state index >= 15 is 0 Å².